The van der Waals surface area contributed by atoms with Gasteiger partial charge in [0.15, 0.2) is 0 Å². The first-order valence-electron chi connectivity index (χ1n) is 7.83. The largest absolute Gasteiger partial charge is 0.377 e. The molecular weight excluding hydrogens is 265 g/mol. The van der Waals surface area contributed by atoms with E-state index in [9.17, 15) is 4.39 Å². The van der Waals surface area contributed by atoms with E-state index in [2.05, 4.69) is 18.8 Å². The van der Waals surface area contributed by atoms with Crippen molar-refractivity contribution in [3.05, 3.63) is 35.1 Å². The first-order valence-corrected chi connectivity index (χ1v) is 7.83. The molecule has 0 aliphatic heterocycles. The van der Waals surface area contributed by atoms with Crippen molar-refractivity contribution in [1.82, 2.24) is 0 Å². The van der Waals surface area contributed by atoms with Crippen LogP contribution in [0.2, 0.25) is 0 Å². The average Bonchev–Trinajstić information content (AvgIpc) is 2.49. The molecule has 0 aliphatic carbocycles. The molecular formula is C18H26FNO. The predicted octanol–water partition coefficient (Wildman–Crippen LogP) is 4.01. The fourth-order valence-electron chi connectivity index (χ4n) is 2.06. The van der Waals surface area contributed by atoms with Gasteiger partial charge in [0.2, 0.25) is 0 Å². The summed E-state index contributed by atoms with van der Waals surface area (Å²) in [7, 11) is 0. The third-order valence-corrected chi connectivity index (χ3v) is 3.29. The quantitative estimate of drug-likeness (QED) is 0.551. The number of hydrogen-bond donors (Lipinski definition) is 1. The van der Waals surface area contributed by atoms with Gasteiger partial charge in [-0.1, -0.05) is 56.9 Å². The van der Waals surface area contributed by atoms with Gasteiger partial charge >= 0.3 is 0 Å². The van der Waals surface area contributed by atoms with E-state index in [4.69, 9.17) is 10.5 Å². The Balaban J connectivity index is 2.23. The summed E-state index contributed by atoms with van der Waals surface area (Å²) in [5.41, 5.74) is 6.52. The maximum absolute atomic E-state index is 13.8. The maximum atomic E-state index is 13.8. The molecule has 2 N–H and O–H groups in total. The molecule has 1 aromatic carbocycles. The minimum absolute atomic E-state index is 0.262. The lowest BCUT2D eigenvalue weighted by Crippen LogP contribution is -1.99. The minimum atomic E-state index is -0.262. The smallest absolute Gasteiger partial charge is 0.129 e. The summed E-state index contributed by atoms with van der Waals surface area (Å²) >= 11 is 0. The highest BCUT2D eigenvalue weighted by Gasteiger charge is 2.03. The van der Waals surface area contributed by atoms with Crippen molar-refractivity contribution in [2.24, 2.45) is 5.73 Å². The summed E-state index contributed by atoms with van der Waals surface area (Å²) in [4.78, 5) is 0. The van der Waals surface area contributed by atoms with Crippen molar-refractivity contribution in [2.75, 3.05) is 13.2 Å². The van der Waals surface area contributed by atoms with Gasteiger partial charge in [-0.15, -0.1) is 0 Å². The number of unbranched alkanes of at least 4 members (excludes halogenated alkanes) is 5. The van der Waals surface area contributed by atoms with Gasteiger partial charge in [-0.2, -0.15) is 0 Å². The van der Waals surface area contributed by atoms with Crippen LogP contribution in [0, 0.1) is 17.7 Å². The van der Waals surface area contributed by atoms with Crippen LogP contribution in [-0.4, -0.2) is 13.2 Å². The molecule has 1 rings (SSSR count). The van der Waals surface area contributed by atoms with Crippen molar-refractivity contribution in [3.8, 4) is 11.8 Å². The molecule has 0 spiro atoms. The Hall–Kier alpha value is -1.37. The van der Waals surface area contributed by atoms with Gasteiger partial charge in [-0.05, 0) is 18.6 Å². The van der Waals surface area contributed by atoms with E-state index in [0.29, 0.717) is 24.3 Å². The number of nitrogens with two attached hydrogens (primary N) is 1. The fraction of sp³-hybridized carbons (Fsp3) is 0.556. The summed E-state index contributed by atoms with van der Waals surface area (Å²) < 4.78 is 19.3. The van der Waals surface area contributed by atoms with Gasteiger partial charge in [-0.25, -0.2) is 4.39 Å². The summed E-state index contributed by atoms with van der Waals surface area (Å²) in [6.45, 7) is 3.51. The van der Waals surface area contributed by atoms with Crippen LogP contribution in [-0.2, 0) is 11.3 Å². The average molecular weight is 291 g/mol. The highest BCUT2D eigenvalue weighted by Crippen LogP contribution is 2.12. The molecule has 0 heterocycles. The van der Waals surface area contributed by atoms with E-state index >= 15 is 0 Å². The summed E-state index contributed by atoms with van der Waals surface area (Å²) in [6.07, 6.45) is 7.38. The molecule has 0 radical (unpaired) electrons. The number of ether oxygens (including phenoxy) is 1. The van der Waals surface area contributed by atoms with E-state index in [0.717, 1.165) is 6.42 Å². The third kappa shape index (κ3) is 7.84. The molecule has 0 amide bonds. The fourth-order valence-corrected chi connectivity index (χ4v) is 2.06. The van der Waals surface area contributed by atoms with Gasteiger partial charge in [0.05, 0.1) is 13.2 Å². The van der Waals surface area contributed by atoms with E-state index in [1.807, 2.05) is 0 Å². The first kappa shape index (κ1) is 17.7. The normalized spacial score (nSPS) is 10.2. The lowest BCUT2D eigenvalue weighted by Gasteiger charge is -2.06. The van der Waals surface area contributed by atoms with Gasteiger partial charge in [0.1, 0.15) is 5.82 Å². The zero-order valence-electron chi connectivity index (χ0n) is 13.0. The molecule has 0 aliphatic rings. The molecule has 0 saturated heterocycles. The van der Waals surface area contributed by atoms with Gasteiger partial charge in [-0.3, -0.25) is 0 Å². The molecule has 116 valence electrons. The highest BCUT2D eigenvalue weighted by molar-refractivity contribution is 5.37. The molecule has 0 atom stereocenters. The van der Waals surface area contributed by atoms with Crippen LogP contribution in [0.15, 0.2) is 18.2 Å². The van der Waals surface area contributed by atoms with Crippen LogP contribution < -0.4 is 5.73 Å². The minimum Gasteiger partial charge on any atom is -0.377 e. The standard InChI is InChI=1S/C18H26FNO/c1-2-3-4-5-6-7-13-21-15-17-11-10-16(9-8-12-20)14-18(17)19/h10-11,14H,2-7,12-13,15,20H2,1H3. The number of halogens is 1. The molecule has 2 nitrogen and oxygen atoms in total. The van der Waals surface area contributed by atoms with Crippen molar-refractivity contribution in [3.63, 3.8) is 0 Å². The van der Waals surface area contributed by atoms with Crippen LogP contribution in [0.3, 0.4) is 0 Å². The number of hydrogen-bond acceptors (Lipinski definition) is 2. The molecule has 0 unspecified atom stereocenters. The van der Waals surface area contributed by atoms with Crippen molar-refractivity contribution >= 4 is 0 Å². The third-order valence-electron chi connectivity index (χ3n) is 3.29. The lowest BCUT2D eigenvalue weighted by atomic mass is 10.1. The maximum Gasteiger partial charge on any atom is 0.129 e. The van der Waals surface area contributed by atoms with Crippen molar-refractivity contribution in [2.45, 2.75) is 52.1 Å². The Kier molecular flexibility index (Phi) is 9.52. The van der Waals surface area contributed by atoms with Crippen LogP contribution in [0.5, 0.6) is 0 Å². The second-order valence-electron chi connectivity index (χ2n) is 5.13. The zero-order chi connectivity index (χ0) is 15.3. The predicted molar refractivity (Wildman–Crippen MR) is 85.4 cm³/mol. The lowest BCUT2D eigenvalue weighted by molar-refractivity contribution is 0.114. The van der Waals surface area contributed by atoms with Crippen molar-refractivity contribution in [1.29, 1.82) is 0 Å². The topological polar surface area (TPSA) is 35.2 Å². The molecule has 0 bridgehead atoms. The van der Waals surface area contributed by atoms with Crippen molar-refractivity contribution < 1.29 is 9.13 Å². The van der Waals surface area contributed by atoms with Gasteiger partial charge in [0.25, 0.3) is 0 Å². The second kappa shape index (κ2) is 11.3. The van der Waals surface area contributed by atoms with E-state index in [1.54, 1.807) is 12.1 Å². The first-order chi connectivity index (χ1) is 10.3. The Bertz CT molecular complexity index is 462. The monoisotopic (exact) mass is 291 g/mol. The van der Waals surface area contributed by atoms with E-state index < -0.39 is 0 Å². The van der Waals surface area contributed by atoms with Crippen LogP contribution in [0.25, 0.3) is 0 Å². The Morgan fingerprint density at radius 3 is 2.62 bits per heavy atom. The molecule has 3 heteroatoms. The summed E-state index contributed by atoms with van der Waals surface area (Å²) in [6, 6.07) is 4.97. The van der Waals surface area contributed by atoms with Crippen LogP contribution in [0.1, 0.15) is 56.6 Å². The second-order valence-corrected chi connectivity index (χ2v) is 5.13. The summed E-state index contributed by atoms with van der Waals surface area (Å²) in [5, 5.41) is 0. The number of rotatable bonds is 9. The van der Waals surface area contributed by atoms with Crippen LogP contribution >= 0.6 is 0 Å². The molecule has 21 heavy (non-hydrogen) atoms. The Morgan fingerprint density at radius 1 is 1.14 bits per heavy atom. The van der Waals surface area contributed by atoms with Gasteiger partial charge in [0, 0.05) is 17.7 Å². The summed E-state index contributed by atoms with van der Waals surface area (Å²) in [5.74, 6) is 5.27. The van der Waals surface area contributed by atoms with E-state index in [-0.39, 0.29) is 12.4 Å². The Morgan fingerprint density at radius 2 is 1.90 bits per heavy atom. The Labute approximate surface area is 127 Å². The van der Waals surface area contributed by atoms with E-state index in [1.165, 1.54) is 38.2 Å². The molecule has 0 saturated carbocycles. The van der Waals surface area contributed by atoms with Gasteiger partial charge < -0.3 is 10.5 Å². The number of benzene rings is 1. The molecule has 0 fully saturated rings. The molecule has 1 aromatic rings. The molecule has 0 aromatic heterocycles. The zero-order valence-corrected chi connectivity index (χ0v) is 13.0. The van der Waals surface area contributed by atoms with Crippen LogP contribution in [0.4, 0.5) is 4.39 Å². The highest BCUT2D eigenvalue weighted by atomic mass is 19.1. The SMILES string of the molecule is CCCCCCCCOCc1ccc(C#CCN)cc1F.